The molecule has 3 N–H and O–H groups in total. The summed E-state index contributed by atoms with van der Waals surface area (Å²) in [7, 11) is 0. The summed E-state index contributed by atoms with van der Waals surface area (Å²) in [6.45, 7) is 4.31. The molecule has 1 aliphatic rings. The summed E-state index contributed by atoms with van der Waals surface area (Å²) >= 11 is 4.96. The first-order valence-electron chi connectivity index (χ1n) is 6.36. The Kier molecular flexibility index (Phi) is 4.13. The summed E-state index contributed by atoms with van der Waals surface area (Å²) in [5.74, 6) is 0.997. The van der Waals surface area contributed by atoms with Crippen molar-refractivity contribution in [3.63, 3.8) is 0 Å². The molecule has 2 rings (SSSR count). The topological polar surface area (TPSA) is 73.6 Å². The normalized spacial score (nSPS) is 17.4. The summed E-state index contributed by atoms with van der Waals surface area (Å²) in [4.78, 5) is 12.4. The SMILES string of the molecule is CC(C)(CNC(=O)C1COc2ccccc2O1)C(N)=S. The maximum atomic E-state index is 12.1. The molecule has 1 heterocycles. The highest BCUT2D eigenvalue weighted by atomic mass is 32.1. The number of fused-ring (bicyclic) bond motifs is 1. The van der Waals surface area contributed by atoms with Crippen LogP contribution >= 0.6 is 12.2 Å². The number of nitrogens with two attached hydrogens (primary N) is 1. The third kappa shape index (κ3) is 3.19. The van der Waals surface area contributed by atoms with Crippen LogP contribution in [-0.4, -0.2) is 30.2 Å². The van der Waals surface area contributed by atoms with E-state index >= 15 is 0 Å². The molecule has 6 heteroatoms. The predicted octanol–water partition coefficient (Wildman–Crippen LogP) is 1.25. The fraction of sp³-hybridized carbons (Fsp3) is 0.429. The molecule has 0 bridgehead atoms. The van der Waals surface area contributed by atoms with E-state index < -0.39 is 11.5 Å². The van der Waals surface area contributed by atoms with Gasteiger partial charge in [-0.25, -0.2) is 0 Å². The molecular weight excluding hydrogens is 276 g/mol. The van der Waals surface area contributed by atoms with Crippen molar-refractivity contribution in [2.75, 3.05) is 13.2 Å². The number of carbonyl (C=O) groups is 1. The van der Waals surface area contributed by atoms with Gasteiger partial charge in [0.2, 0.25) is 6.10 Å². The third-order valence-corrected chi connectivity index (χ3v) is 3.73. The number of benzene rings is 1. The lowest BCUT2D eigenvalue weighted by Crippen LogP contribution is -2.48. The van der Waals surface area contributed by atoms with Crippen molar-refractivity contribution in [2.45, 2.75) is 20.0 Å². The second-order valence-corrected chi connectivity index (χ2v) is 5.77. The van der Waals surface area contributed by atoms with Crippen molar-refractivity contribution >= 4 is 23.1 Å². The Hall–Kier alpha value is -1.82. The van der Waals surface area contributed by atoms with Crippen LogP contribution in [0.3, 0.4) is 0 Å². The zero-order valence-corrected chi connectivity index (χ0v) is 12.3. The molecule has 1 aromatic carbocycles. The molecule has 20 heavy (non-hydrogen) atoms. The quantitative estimate of drug-likeness (QED) is 0.818. The first kappa shape index (κ1) is 14.6. The van der Waals surface area contributed by atoms with Gasteiger partial charge in [0.15, 0.2) is 11.5 Å². The Bertz CT molecular complexity index is 531. The van der Waals surface area contributed by atoms with Crippen molar-refractivity contribution in [2.24, 2.45) is 11.1 Å². The minimum absolute atomic E-state index is 0.191. The largest absolute Gasteiger partial charge is 0.485 e. The Labute approximate surface area is 123 Å². The Morgan fingerprint density at radius 3 is 2.75 bits per heavy atom. The Morgan fingerprint density at radius 2 is 2.10 bits per heavy atom. The van der Waals surface area contributed by atoms with Crippen molar-refractivity contribution < 1.29 is 14.3 Å². The van der Waals surface area contributed by atoms with E-state index in [-0.39, 0.29) is 12.5 Å². The van der Waals surface area contributed by atoms with Crippen LogP contribution in [0.4, 0.5) is 0 Å². The third-order valence-electron chi connectivity index (χ3n) is 3.17. The summed E-state index contributed by atoms with van der Waals surface area (Å²) in [5, 5.41) is 2.79. The fourth-order valence-electron chi connectivity index (χ4n) is 1.66. The van der Waals surface area contributed by atoms with Crippen LogP contribution in [-0.2, 0) is 4.79 Å². The van der Waals surface area contributed by atoms with E-state index in [9.17, 15) is 4.79 Å². The molecule has 1 unspecified atom stereocenters. The van der Waals surface area contributed by atoms with Gasteiger partial charge in [-0.3, -0.25) is 4.79 Å². The smallest absolute Gasteiger partial charge is 0.264 e. The molecule has 0 fully saturated rings. The van der Waals surface area contributed by atoms with E-state index in [2.05, 4.69) is 5.32 Å². The molecule has 0 saturated carbocycles. The Balaban J connectivity index is 1.94. The lowest BCUT2D eigenvalue weighted by atomic mass is 9.93. The van der Waals surface area contributed by atoms with Crippen LogP contribution in [0, 0.1) is 5.41 Å². The molecule has 1 atom stereocenters. The maximum Gasteiger partial charge on any atom is 0.264 e. The van der Waals surface area contributed by atoms with Gasteiger partial charge in [0, 0.05) is 12.0 Å². The summed E-state index contributed by atoms with van der Waals surface area (Å²) in [6, 6.07) is 7.26. The van der Waals surface area contributed by atoms with Crippen LogP contribution in [0.1, 0.15) is 13.8 Å². The molecule has 0 aromatic heterocycles. The van der Waals surface area contributed by atoms with Crippen LogP contribution in [0.5, 0.6) is 11.5 Å². The van der Waals surface area contributed by atoms with E-state index in [1.54, 1.807) is 12.1 Å². The molecule has 1 aromatic rings. The van der Waals surface area contributed by atoms with E-state index in [1.165, 1.54) is 0 Å². The molecule has 5 nitrogen and oxygen atoms in total. The fourth-order valence-corrected chi connectivity index (χ4v) is 1.73. The average molecular weight is 294 g/mol. The molecular formula is C14H18N2O3S. The number of thiocarbonyl (C=S) groups is 1. The van der Waals surface area contributed by atoms with Gasteiger partial charge in [0.05, 0.1) is 4.99 Å². The molecule has 0 radical (unpaired) electrons. The van der Waals surface area contributed by atoms with Crippen molar-refractivity contribution in [3.05, 3.63) is 24.3 Å². The predicted molar refractivity (Wildman–Crippen MR) is 79.9 cm³/mol. The van der Waals surface area contributed by atoms with Crippen LogP contribution in [0.25, 0.3) is 0 Å². The van der Waals surface area contributed by atoms with Crippen molar-refractivity contribution in [3.8, 4) is 11.5 Å². The summed E-state index contributed by atoms with van der Waals surface area (Å²) in [6.07, 6.45) is -0.660. The lowest BCUT2D eigenvalue weighted by molar-refractivity contribution is -0.130. The number of hydrogen-bond acceptors (Lipinski definition) is 4. The molecule has 0 aliphatic carbocycles. The van der Waals surface area contributed by atoms with E-state index in [0.717, 1.165) is 0 Å². The van der Waals surface area contributed by atoms with Gasteiger partial charge < -0.3 is 20.5 Å². The molecule has 108 valence electrons. The minimum atomic E-state index is -0.660. The van der Waals surface area contributed by atoms with E-state index in [0.29, 0.717) is 23.0 Å². The lowest BCUT2D eigenvalue weighted by Gasteiger charge is -2.28. The van der Waals surface area contributed by atoms with Crippen molar-refractivity contribution in [1.29, 1.82) is 0 Å². The molecule has 1 amide bonds. The summed E-state index contributed by atoms with van der Waals surface area (Å²) < 4.78 is 11.1. The second kappa shape index (κ2) is 5.66. The highest BCUT2D eigenvalue weighted by Gasteiger charge is 2.29. The van der Waals surface area contributed by atoms with Crippen LogP contribution < -0.4 is 20.5 Å². The zero-order chi connectivity index (χ0) is 14.8. The van der Waals surface area contributed by atoms with Crippen molar-refractivity contribution in [1.82, 2.24) is 5.32 Å². The summed E-state index contributed by atoms with van der Waals surface area (Å²) in [5.41, 5.74) is 5.19. The number of carbonyl (C=O) groups excluding carboxylic acids is 1. The van der Waals surface area contributed by atoms with Gasteiger partial charge in [0.1, 0.15) is 6.61 Å². The molecule has 0 saturated heterocycles. The minimum Gasteiger partial charge on any atom is -0.485 e. The Morgan fingerprint density at radius 1 is 1.45 bits per heavy atom. The monoisotopic (exact) mass is 294 g/mol. The zero-order valence-electron chi connectivity index (χ0n) is 11.5. The standard InChI is InChI=1S/C14H18N2O3S/c1-14(2,13(15)20)8-16-12(17)11-7-18-9-5-3-4-6-10(9)19-11/h3-6,11H,7-8H2,1-2H3,(H2,15,20)(H,16,17). The van der Waals surface area contributed by atoms with Gasteiger partial charge in [-0.2, -0.15) is 0 Å². The van der Waals surface area contributed by atoms with Gasteiger partial charge in [-0.1, -0.05) is 38.2 Å². The number of amides is 1. The highest BCUT2D eigenvalue weighted by Crippen LogP contribution is 2.30. The van der Waals surface area contributed by atoms with Gasteiger partial charge in [0.25, 0.3) is 5.91 Å². The maximum absolute atomic E-state index is 12.1. The number of ether oxygens (including phenoxy) is 2. The first-order valence-corrected chi connectivity index (χ1v) is 6.77. The number of para-hydroxylation sites is 2. The number of hydrogen-bond donors (Lipinski definition) is 2. The van der Waals surface area contributed by atoms with E-state index in [1.807, 2.05) is 26.0 Å². The molecule has 1 aliphatic heterocycles. The second-order valence-electron chi connectivity index (χ2n) is 5.33. The van der Waals surface area contributed by atoms with Gasteiger partial charge in [-0.15, -0.1) is 0 Å². The van der Waals surface area contributed by atoms with E-state index in [4.69, 9.17) is 27.4 Å². The van der Waals surface area contributed by atoms with Crippen LogP contribution in [0.15, 0.2) is 24.3 Å². The highest BCUT2D eigenvalue weighted by molar-refractivity contribution is 7.80. The van der Waals surface area contributed by atoms with Crippen LogP contribution in [0.2, 0.25) is 0 Å². The van der Waals surface area contributed by atoms with Gasteiger partial charge in [-0.05, 0) is 12.1 Å². The number of nitrogens with one attached hydrogen (secondary N) is 1. The molecule has 0 spiro atoms. The first-order chi connectivity index (χ1) is 9.40. The van der Waals surface area contributed by atoms with Gasteiger partial charge >= 0.3 is 0 Å². The average Bonchev–Trinajstić information content (AvgIpc) is 2.44. The number of rotatable bonds is 4.